The minimum absolute atomic E-state index is 0.138. The smallest absolute Gasteiger partial charge is 0.255 e. The number of piperidine rings is 1. The Labute approximate surface area is 188 Å². The lowest BCUT2D eigenvalue weighted by Crippen LogP contribution is -2.51. The van der Waals surface area contributed by atoms with Gasteiger partial charge in [0.25, 0.3) is 5.91 Å². The standard InChI is InChI=1S/C23H30ClN5O2/c1-2-26-23(27-14-17-7-5-9-19(13-17)31-16-22(25)30)28-18-8-6-12-29(15-18)21-11-4-3-10-20(21)24/h3-5,7,9-11,13,18H,2,6,8,12,14-16H2,1H3,(H2,25,30)(H2,26,27,28). The zero-order valence-electron chi connectivity index (χ0n) is 17.8. The first-order chi connectivity index (χ1) is 15.0. The summed E-state index contributed by atoms with van der Waals surface area (Å²) in [6.45, 7) is 5.03. The van der Waals surface area contributed by atoms with E-state index in [1.54, 1.807) is 6.07 Å². The first-order valence-corrected chi connectivity index (χ1v) is 11.0. The van der Waals surface area contributed by atoms with E-state index in [0.717, 1.165) is 54.7 Å². The van der Waals surface area contributed by atoms with E-state index in [1.165, 1.54) is 0 Å². The lowest BCUT2D eigenvalue weighted by molar-refractivity contribution is -0.119. The van der Waals surface area contributed by atoms with Crippen LogP contribution in [0.2, 0.25) is 5.02 Å². The second-order valence-electron chi connectivity index (χ2n) is 7.48. The van der Waals surface area contributed by atoms with Crippen molar-refractivity contribution in [3.63, 3.8) is 0 Å². The number of hydrogen-bond donors (Lipinski definition) is 3. The maximum Gasteiger partial charge on any atom is 0.255 e. The summed E-state index contributed by atoms with van der Waals surface area (Å²) in [6, 6.07) is 15.8. The number of nitrogens with one attached hydrogen (secondary N) is 2. The molecule has 0 radical (unpaired) electrons. The van der Waals surface area contributed by atoms with Gasteiger partial charge in [-0.3, -0.25) is 4.79 Å². The average molecular weight is 444 g/mol. The van der Waals surface area contributed by atoms with E-state index in [0.29, 0.717) is 12.3 Å². The molecule has 0 aliphatic carbocycles. The highest BCUT2D eigenvalue weighted by Crippen LogP contribution is 2.27. The molecule has 0 bridgehead atoms. The molecule has 0 spiro atoms. The number of carbonyl (C=O) groups excluding carboxylic acids is 1. The number of amides is 1. The molecule has 8 heteroatoms. The second kappa shape index (κ2) is 11.5. The van der Waals surface area contributed by atoms with Crippen LogP contribution in [0.4, 0.5) is 5.69 Å². The van der Waals surface area contributed by atoms with Gasteiger partial charge in [-0.05, 0) is 49.6 Å². The summed E-state index contributed by atoms with van der Waals surface area (Å²) >= 11 is 6.40. The molecule has 7 nitrogen and oxygen atoms in total. The Morgan fingerprint density at radius 2 is 2.13 bits per heavy atom. The fraction of sp³-hybridized carbons (Fsp3) is 0.391. The molecule has 166 valence electrons. The first-order valence-electron chi connectivity index (χ1n) is 10.6. The highest BCUT2D eigenvalue weighted by molar-refractivity contribution is 6.33. The van der Waals surface area contributed by atoms with Crippen LogP contribution in [-0.4, -0.2) is 44.1 Å². The van der Waals surface area contributed by atoms with Gasteiger partial charge in [-0.15, -0.1) is 0 Å². The van der Waals surface area contributed by atoms with E-state index in [9.17, 15) is 4.79 Å². The molecule has 2 aromatic rings. The van der Waals surface area contributed by atoms with Crippen molar-refractivity contribution in [1.82, 2.24) is 10.6 Å². The van der Waals surface area contributed by atoms with E-state index in [-0.39, 0.29) is 12.6 Å². The van der Waals surface area contributed by atoms with Crippen molar-refractivity contribution in [2.45, 2.75) is 32.4 Å². The maximum absolute atomic E-state index is 10.9. The molecule has 3 rings (SSSR count). The molecule has 1 heterocycles. The summed E-state index contributed by atoms with van der Waals surface area (Å²) in [6.07, 6.45) is 2.16. The average Bonchev–Trinajstić information content (AvgIpc) is 2.77. The molecule has 1 saturated heterocycles. The molecule has 1 unspecified atom stereocenters. The molecular formula is C23H30ClN5O2. The fourth-order valence-corrected chi connectivity index (χ4v) is 3.85. The number of nitrogens with zero attached hydrogens (tertiary/aromatic N) is 2. The number of aliphatic imine (C=N–C) groups is 1. The quantitative estimate of drug-likeness (QED) is 0.431. The zero-order valence-corrected chi connectivity index (χ0v) is 18.6. The summed E-state index contributed by atoms with van der Waals surface area (Å²) in [4.78, 5) is 18.0. The Bertz CT molecular complexity index is 905. The van der Waals surface area contributed by atoms with Gasteiger partial charge in [-0.1, -0.05) is 35.9 Å². The van der Waals surface area contributed by atoms with E-state index >= 15 is 0 Å². The lowest BCUT2D eigenvalue weighted by Gasteiger charge is -2.35. The molecule has 4 N–H and O–H groups in total. The van der Waals surface area contributed by atoms with Gasteiger partial charge in [0.1, 0.15) is 5.75 Å². The fourth-order valence-electron chi connectivity index (χ4n) is 3.59. The van der Waals surface area contributed by atoms with Crippen molar-refractivity contribution in [3.05, 3.63) is 59.1 Å². The van der Waals surface area contributed by atoms with Gasteiger partial charge < -0.3 is 26.0 Å². The number of ether oxygens (including phenoxy) is 1. The van der Waals surface area contributed by atoms with E-state index in [4.69, 9.17) is 27.1 Å². The van der Waals surface area contributed by atoms with Gasteiger partial charge in [0.05, 0.1) is 17.3 Å². The van der Waals surface area contributed by atoms with Gasteiger partial charge in [-0.2, -0.15) is 0 Å². The first kappa shape index (κ1) is 22.7. The molecule has 1 fully saturated rings. The van der Waals surface area contributed by atoms with Crippen molar-refractivity contribution in [2.75, 3.05) is 31.1 Å². The van der Waals surface area contributed by atoms with Crippen molar-refractivity contribution >= 4 is 29.2 Å². The number of guanidine groups is 1. The number of halogens is 1. The Morgan fingerprint density at radius 1 is 1.29 bits per heavy atom. The number of para-hydroxylation sites is 1. The lowest BCUT2D eigenvalue weighted by atomic mass is 10.0. The van der Waals surface area contributed by atoms with Crippen LogP contribution >= 0.6 is 11.6 Å². The predicted molar refractivity (Wildman–Crippen MR) is 126 cm³/mol. The SMILES string of the molecule is CCNC(=NCc1cccc(OCC(N)=O)c1)NC1CCCN(c2ccccc2Cl)C1. The van der Waals surface area contributed by atoms with Crippen LogP contribution in [0.3, 0.4) is 0 Å². The van der Waals surface area contributed by atoms with Gasteiger partial charge in [0.2, 0.25) is 0 Å². The molecule has 0 saturated carbocycles. The van der Waals surface area contributed by atoms with Crippen molar-refractivity contribution in [3.8, 4) is 5.75 Å². The van der Waals surface area contributed by atoms with E-state index in [2.05, 4.69) is 21.6 Å². The Morgan fingerprint density at radius 3 is 2.90 bits per heavy atom. The van der Waals surface area contributed by atoms with E-state index < -0.39 is 5.91 Å². The van der Waals surface area contributed by atoms with Crippen LogP contribution in [0.1, 0.15) is 25.3 Å². The molecule has 1 aliphatic rings. The van der Waals surface area contributed by atoms with Gasteiger partial charge in [-0.25, -0.2) is 4.99 Å². The van der Waals surface area contributed by atoms with Crippen LogP contribution in [0.5, 0.6) is 5.75 Å². The normalized spacial score (nSPS) is 16.6. The molecule has 1 aliphatic heterocycles. The van der Waals surface area contributed by atoms with Crippen molar-refractivity contribution in [2.24, 2.45) is 10.7 Å². The van der Waals surface area contributed by atoms with Gasteiger partial charge in [0, 0.05) is 25.7 Å². The Kier molecular flexibility index (Phi) is 8.41. The number of anilines is 1. The summed E-state index contributed by atoms with van der Waals surface area (Å²) < 4.78 is 5.38. The topological polar surface area (TPSA) is 92.0 Å². The number of carbonyl (C=O) groups is 1. The third kappa shape index (κ3) is 7.07. The number of rotatable bonds is 8. The molecule has 31 heavy (non-hydrogen) atoms. The predicted octanol–water partition coefficient (Wildman–Crippen LogP) is 2.93. The van der Waals surface area contributed by atoms with Crippen LogP contribution in [0.25, 0.3) is 0 Å². The highest BCUT2D eigenvalue weighted by atomic mass is 35.5. The minimum Gasteiger partial charge on any atom is -0.484 e. The monoisotopic (exact) mass is 443 g/mol. The van der Waals surface area contributed by atoms with Crippen molar-refractivity contribution < 1.29 is 9.53 Å². The second-order valence-corrected chi connectivity index (χ2v) is 7.89. The van der Waals surface area contributed by atoms with Crippen LogP contribution < -0.4 is 26.0 Å². The largest absolute Gasteiger partial charge is 0.484 e. The van der Waals surface area contributed by atoms with Crippen LogP contribution in [0, 0.1) is 0 Å². The minimum atomic E-state index is -0.500. The van der Waals surface area contributed by atoms with Crippen molar-refractivity contribution in [1.29, 1.82) is 0 Å². The van der Waals surface area contributed by atoms with E-state index in [1.807, 2.05) is 43.3 Å². The molecule has 2 aromatic carbocycles. The molecule has 0 aromatic heterocycles. The Hall–Kier alpha value is -2.93. The number of primary amides is 1. The summed E-state index contributed by atoms with van der Waals surface area (Å²) in [5.41, 5.74) is 7.20. The summed E-state index contributed by atoms with van der Waals surface area (Å²) in [5.74, 6) is 0.879. The molecule has 1 atom stereocenters. The summed E-state index contributed by atoms with van der Waals surface area (Å²) in [7, 11) is 0. The third-order valence-electron chi connectivity index (χ3n) is 5.00. The van der Waals surface area contributed by atoms with Gasteiger partial charge in [0.15, 0.2) is 12.6 Å². The molecular weight excluding hydrogens is 414 g/mol. The molecule has 1 amide bonds. The maximum atomic E-state index is 10.9. The zero-order chi connectivity index (χ0) is 22.1. The highest BCUT2D eigenvalue weighted by Gasteiger charge is 2.22. The number of benzene rings is 2. The van der Waals surface area contributed by atoms with Gasteiger partial charge >= 0.3 is 0 Å². The Balaban J connectivity index is 1.62. The summed E-state index contributed by atoms with van der Waals surface area (Å²) in [5, 5.41) is 7.67. The number of nitrogens with two attached hydrogens (primary N) is 1. The number of hydrogen-bond acceptors (Lipinski definition) is 4. The van der Waals surface area contributed by atoms with Crippen LogP contribution in [-0.2, 0) is 11.3 Å². The van der Waals surface area contributed by atoms with Crippen LogP contribution in [0.15, 0.2) is 53.5 Å². The third-order valence-corrected chi connectivity index (χ3v) is 5.32.